The van der Waals surface area contributed by atoms with Gasteiger partial charge in [0.1, 0.15) is 6.04 Å². The first-order valence-electron chi connectivity index (χ1n) is 6.64. The maximum atomic E-state index is 12.2. The van der Waals surface area contributed by atoms with Crippen molar-refractivity contribution >= 4 is 22.8 Å². The summed E-state index contributed by atoms with van der Waals surface area (Å²) in [5, 5.41) is 11.3. The number of benzene rings is 1. The molecule has 1 aromatic heterocycles. The van der Waals surface area contributed by atoms with Gasteiger partial charge in [-0.25, -0.2) is 4.79 Å². The first-order valence-corrected chi connectivity index (χ1v) is 6.64. The van der Waals surface area contributed by atoms with Crippen molar-refractivity contribution in [3.63, 3.8) is 0 Å². The number of para-hydroxylation sites is 1. The van der Waals surface area contributed by atoms with Gasteiger partial charge >= 0.3 is 11.7 Å². The molecule has 1 heterocycles. The van der Waals surface area contributed by atoms with Gasteiger partial charge in [-0.15, -0.1) is 0 Å². The SMILES string of the molecule is C[C@H](NC(=O)CCn1c(=O)[nH]c2ccccc2c1=O)C(=O)O. The van der Waals surface area contributed by atoms with Crippen molar-refractivity contribution < 1.29 is 14.7 Å². The normalized spacial score (nSPS) is 12.0. The highest BCUT2D eigenvalue weighted by Crippen LogP contribution is 2.03. The maximum Gasteiger partial charge on any atom is 0.328 e. The summed E-state index contributed by atoms with van der Waals surface area (Å²) in [5.74, 6) is -1.71. The van der Waals surface area contributed by atoms with Gasteiger partial charge in [0.05, 0.1) is 10.9 Å². The molecule has 22 heavy (non-hydrogen) atoms. The van der Waals surface area contributed by atoms with Crippen LogP contribution < -0.4 is 16.6 Å². The number of fused-ring (bicyclic) bond motifs is 1. The van der Waals surface area contributed by atoms with Crippen LogP contribution in [0.25, 0.3) is 10.9 Å². The Kier molecular flexibility index (Phi) is 4.40. The van der Waals surface area contributed by atoms with Gasteiger partial charge in [-0.1, -0.05) is 12.1 Å². The van der Waals surface area contributed by atoms with E-state index in [9.17, 15) is 19.2 Å². The number of hydrogen-bond donors (Lipinski definition) is 3. The Morgan fingerprint density at radius 2 is 2.00 bits per heavy atom. The molecule has 0 aliphatic rings. The molecular formula is C14H15N3O5. The van der Waals surface area contributed by atoms with E-state index >= 15 is 0 Å². The highest BCUT2D eigenvalue weighted by atomic mass is 16.4. The van der Waals surface area contributed by atoms with Crippen molar-refractivity contribution in [1.29, 1.82) is 0 Å². The van der Waals surface area contributed by atoms with Gasteiger partial charge in [-0.05, 0) is 19.1 Å². The highest BCUT2D eigenvalue weighted by Gasteiger charge is 2.14. The molecule has 1 atom stereocenters. The summed E-state index contributed by atoms with van der Waals surface area (Å²) in [7, 11) is 0. The molecule has 0 radical (unpaired) electrons. The second kappa shape index (κ2) is 6.25. The minimum atomic E-state index is -1.16. The topological polar surface area (TPSA) is 121 Å². The molecule has 116 valence electrons. The number of H-pyrrole nitrogens is 1. The Labute approximate surface area is 124 Å². The van der Waals surface area contributed by atoms with Crippen LogP contribution >= 0.6 is 0 Å². The zero-order chi connectivity index (χ0) is 16.3. The van der Waals surface area contributed by atoms with Crippen LogP contribution in [0, 0.1) is 0 Å². The number of carboxylic acids is 1. The molecule has 0 aliphatic heterocycles. The molecule has 0 fully saturated rings. The predicted octanol–water partition coefficient (Wildman–Crippen LogP) is -0.331. The predicted molar refractivity (Wildman–Crippen MR) is 78.7 cm³/mol. The molecule has 2 rings (SSSR count). The van der Waals surface area contributed by atoms with Gasteiger partial charge in [0.25, 0.3) is 5.56 Å². The second-order valence-corrected chi connectivity index (χ2v) is 4.81. The molecule has 0 saturated carbocycles. The fourth-order valence-electron chi connectivity index (χ4n) is 1.99. The number of nitrogens with zero attached hydrogens (tertiary/aromatic N) is 1. The van der Waals surface area contributed by atoms with Crippen molar-refractivity contribution in [2.75, 3.05) is 0 Å². The summed E-state index contributed by atoms with van der Waals surface area (Å²) in [6, 6.07) is 5.54. The Bertz CT molecular complexity index is 836. The summed E-state index contributed by atoms with van der Waals surface area (Å²) in [6.07, 6.45) is -0.168. The van der Waals surface area contributed by atoms with E-state index in [0.29, 0.717) is 10.9 Å². The fraction of sp³-hybridized carbons (Fsp3) is 0.286. The standard InChI is InChI=1S/C14H15N3O5/c1-8(13(20)21)15-11(18)6-7-17-12(19)9-4-2-3-5-10(9)16-14(17)22/h2-5,8H,6-7H2,1H3,(H,15,18)(H,16,22)(H,20,21)/t8-/m0/s1. The number of aliphatic carboxylic acids is 1. The lowest BCUT2D eigenvalue weighted by atomic mass is 10.2. The monoisotopic (exact) mass is 305 g/mol. The van der Waals surface area contributed by atoms with E-state index in [1.54, 1.807) is 24.3 Å². The van der Waals surface area contributed by atoms with E-state index in [2.05, 4.69) is 10.3 Å². The van der Waals surface area contributed by atoms with Crippen molar-refractivity contribution in [2.24, 2.45) is 0 Å². The lowest BCUT2D eigenvalue weighted by Crippen LogP contribution is -2.40. The number of carboxylic acid groups (broad SMARTS) is 1. The zero-order valence-corrected chi connectivity index (χ0v) is 11.8. The van der Waals surface area contributed by atoms with Gasteiger partial charge in [-0.2, -0.15) is 0 Å². The van der Waals surface area contributed by atoms with Gasteiger partial charge in [0.15, 0.2) is 0 Å². The van der Waals surface area contributed by atoms with Gasteiger partial charge in [-0.3, -0.25) is 19.0 Å². The number of carbonyl (C=O) groups is 2. The summed E-state index contributed by atoms with van der Waals surface area (Å²) in [5.41, 5.74) is -0.668. The average molecular weight is 305 g/mol. The van der Waals surface area contributed by atoms with E-state index < -0.39 is 29.2 Å². The van der Waals surface area contributed by atoms with E-state index in [-0.39, 0.29) is 13.0 Å². The molecule has 0 spiro atoms. The van der Waals surface area contributed by atoms with Crippen LogP contribution in [0.2, 0.25) is 0 Å². The van der Waals surface area contributed by atoms with Gasteiger partial charge in [0.2, 0.25) is 5.91 Å². The minimum Gasteiger partial charge on any atom is -0.480 e. The Morgan fingerprint density at radius 3 is 2.68 bits per heavy atom. The first kappa shape index (κ1) is 15.5. The quantitative estimate of drug-likeness (QED) is 0.698. The average Bonchev–Trinajstić information content (AvgIpc) is 2.46. The fourth-order valence-corrected chi connectivity index (χ4v) is 1.99. The van der Waals surface area contributed by atoms with E-state index in [4.69, 9.17) is 5.11 Å². The summed E-state index contributed by atoms with van der Waals surface area (Å²) < 4.78 is 0.924. The van der Waals surface area contributed by atoms with Crippen molar-refractivity contribution in [1.82, 2.24) is 14.9 Å². The van der Waals surface area contributed by atoms with Crippen molar-refractivity contribution in [3.05, 3.63) is 45.1 Å². The third-order valence-corrected chi connectivity index (χ3v) is 3.20. The van der Waals surface area contributed by atoms with Crippen molar-refractivity contribution in [3.8, 4) is 0 Å². The Balaban J connectivity index is 2.19. The number of hydrogen-bond acceptors (Lipinski definition) is 4. The third kappa shape index (κ3) is 3.22. The molecule has 0 saturated heterocycles. The van der Waals surface area contributed by atoms with Crippen LogP contribution in [-0.2, 0) is 16.1 Å². The largest absolute Gasteiger partial charge is 0.480 e. The van der Waals surface area contributed by atoms with E-state index in [1.165, 1.54) is 6.92 Å². The molecule has 0 unspecified atom stereocenters. The van der Waals surface area contributed by atoms with Crippen LogP contribution in [0.5, 0.6) is 0 Å². The van der Waals surface area contributed by atoms with Crippen molar-refractivity contribution in [2.45, 2.75) is 25.9 Å². The highest BCUT2D eigenvalue weighted by molar-refractivity contribution is 5.83. The summed E-state index contributed by atoms with van der Waals surface area (Å²) in [4.78, 5) is 48.9. The van der Waals surface area contributed by atoms with Crippen LogP contribution in [-0.4, -0.2) is 32.6 Å². The van der Waals surface area contributed by atoms with Gasteiger partial charge in [0, 0.05) is 13.0 Å². The molecule has 8 nitrogen and oxygen atoms in total. The number of aromatic nitrogens is 2. The molecule has 2 aromatic rings. The lowest BCUT2D eigenvalue weighted by Gasteiger charge is -2.10. The third-order valence-electron chi connectivity index (χ3n) is 3.20. The molecular weight excluding hydrogens is 290 g/mol. The van der Waals surface area contributed by atoms with E-state index in [1.807, 2.05) is 0 Å². The number of rotatable bonds is 5. The van der Waals surface area contributed by atoms with Crippen LogP contribution in [0.3, 0.4) is 0 Å². The summed E-state index contributed by atoms with van der Waals surface area (Å²) in [6.45, 7) is 1.20. The molecule has 1 amide bonds. The lowest BCUT2D eigenvalue weighted by molar-refractivity contribution is -0.141. The second-order valence-electron chi connectivity index (χ2n) is 4.81. The Hall–Kier alpha value is -2.90. The van der Waals surface area contributed by atoms with Crippen LogP contribution in [0.15, 0.2) is 33.9 Å². The van der Waals surface area contributed by atoms with Crippen LogP contribution in [0.1, 0.15) is 13.3 Å². The number of carbonyl (C=O) groups excluding carboxylic acids is 1. The smallest absolute Gasteiger partial charge is 0.328 e. The molecule has 0 bridgehead atoms. The number of nitrogens with one attached hydrogen (secondary N) is 2. The number of aromatic amines is 1. The minimum absolute atomic E-state index is 0.128. The molecule has 3 N–H and O–H groups in total. The zero-order valence-electron chi connectivity index (χ0n) is 11.8. The first-order chi connectivity index (χ1) is 10.4. The molecule has 0 aliphatic carbocycles. The van der Waals surface area contributed by atoms with Gasteiger partial charge < -0.3 is 15.4 Å². The maximum absolute atomic E-state index is 12.2. The van der Waals surface area contributed by atoms with E-state index in [0.717, 1.165) is 4.57 Å². The molecule has 1 aromatic carbocycles. The Morgan fingerprint density at radius 1 is 1.32 bits per heavy atom. The summed E-state index contributed by atoms with van der Waals surface area (Å²) >= 11 is 0. The molecule has 8 heteroatoms. The van der Waals surface area contributed by atoms with Crippen LogP contribution in [0.4, 0.5) is 0 Å². The number of amides is 1.